The van der Waals surface area contributed by atoms with E-state index in [1.807, 2.05) is 19.1 Å². The van der Waals surface area contributed by atoms with Crippen LogP contribution in [0.15, 0.2) is 24.0 Å². The van der Waals surface area contributed by atoms with Crippen LogP contribution in [0.25, 0.3) is 0 Å². The van der Waals surface area contributed by atoms with E-state index in [9.17, 15) is 0 Å². The molecule has 0 rings (SSSR count). The molecule has 12 heavy (non-hydrogen) atoms. The highest BCUT2D eigenvalue weighted by Gasteiger charge is 1.95. The maximum absolute atomic E-state index is 5.01. The smallest absolute Gasteiger partial charge is 0.142 e. The molecule has 0 spiro atoms. The Morgan fingerprint density at radius 3 is 2.83 bits per heavy atom. The summed E-state index contributed by atoms with van der Waals surface area (Å²) in [6, 6.07) is 0. The first-order chi connectivity index (χ1) is 5.74. The van der Waals surface area contributed by atoms with E-state index in [2.05, 4.69) is 26.3 Å². The highest BCUT2D eigenvalue weighted by Crippen LogP contribution is 2.16. The third-order valence-electron chi connectivity index (χ3n) is 1.37. The highest BCUT2D eigenvalue weighted by atomic mass is 32.7. The van der Waals surface area contributed by atoms with Gasteiger partial charge in [0.2, 0.25) is 0 Å². The van der Waals surface area contributed by atoms with Gasteiger partial charge in [-0.15, -0.1) is 11.4 Å². The van der Waals surface area contributed by atoms with Crippen LogP contribution in [-0.4, -0.2) is 5.75 Å². The number of nitrogens with two attached hydrogens (primary N) is 1. The molecule has 0 aliphatic heterocycles. The molecule has 2 nitrogen and oxygen atoms in total. The summed E-state index contributed by atoms with van der Waals surface area (Å²) < 4.78 is 0. The maximum Gasteiger partial charge on any atom is 0.142 e. The van der Waals surface area contributed by atoms with Gasteiger partial charge in [-0.05, 0) is 25.0 Å². The van der Waals surface area contributed by atoms with Crippen molar-refractivity contribution in [1.29, 1.82) is 0 Å². The zero-order chi connectivity index (χ0) is 9.40. The van der Waals surface area contributed by atoms with E-state index >= 15 is 0 Å². The third-order valence-corrected chi connectivity index (χ3v) is 2.66. The Kier molecular flexibility index (Phi) is 7.67. The predicted molar refractivity (Wildman–Crippen MR) is 59.5 cm³/mol. The Hall–Kier alpha value is 0.0200. The van der Waals surface area contributed by atoms with Crippen LogP contribution in [0.2, 0.25) is 0 Å². The summed E-state index contributed by atoms with van der Waals surface area (Å²) in [7, 11) is 2.63. The van der Waals surface area contributed by atoms with E-state index in [0.29, 0.717) is 11.7 Å². The van der Waals surface area contributed by atoms with E-state index in [-0.39, 0.29) is 0 Å². The standard InChI is InChI=1S/C8H16NOPS/c1-3-8(10-9)5-4-7(2)6-12-11/h3-5,7H,6,9,11H2,1-2H3/b5-4-,8-3+. The van der Waals surface area contributed by atoms with Crippen LogP contribution in [-0.2, 0) is 4.84 Å². The summed E-state index contributed by atoms with van der Waals surface area (Å²) in [4.78, 5) is 4.59. The Balaban J connectivity index is 3.87. The van der Waals surface area contributed by atoms with Crippen LogP contribution < -0.4 is 5.90 Å². The van der Waals surface area contributed by atoms with Crippen LogP contribution in [0, 0.1) is 5.92 Å². The Morgan fingerprint density at radius 1 is 1.75 bits per heavy atom. The van der Waals surface area contributed by atoms with Crippen molar-refractivity contribution < 1.29 is 4.84 Å². The molecule has 0 aliphatic carbocycles. The van der Waals surface area contributed by atoms with Gasteiger partial charge in [0.15, 0.2) is 0 Å². The molecule has 0 aromatic rings. The van der Waals surface area contributed by atoms with Crippen molar-refractivity contribution in [3.05, 3.63) is 24.0 Å². The molecule has 0 aromatic carbocycles. The summed E-state index contributed by atoms with van der Waals surface area (Å²) in [5.74, 6) is 7.34. The van der Waals surface area contributed by atoms with Gasteiger partial charge in [-0.1, -0.05) is 21.4 Å². The Labute approximate surface area is 80.5 Å². The molecule has 70 valence electrons. The molecule has 0 aliphatic rings. The third kappa shape index (κ3) is 5.64. The molecule has 4 heteroatoms. The second-order valence-electron chi connectivity index (χ2n) is 2.48. The van der Waals surface area contributed by atoms with Gasteiger partial charge in [0.25, 0.3) is 0 Å². The monoisotopic (exact) mass is 205 g/mol. The average molecular weight is 205 g/mol. The molecule has 0 amide bonds. The summed E-state index contributed by atoms with van der Waals surface area (Å²) in [5.41, 5.74) is 0. The minimum absolute atomic E-state index is 0.539. The molecule has 0 saturated heterocycles. The van der Waals surface area contributed by atoms with Crippen LogP contribution in [0.1, 0.15) is 13.8 Å². The van der Waals surface area contributed by atoms with Gasteiger partial charge in [-0.3, -0.25) is 0 Å². The fraction of sp³-hybridized carbons (Fsp3) is 0.500. The molecular formula is C8H16NOPS. The van der Waals surface area contributed by atoms with Gasteiger partial charge in [0.05, 0.1) is 0 Å². The maximum atomic E-state index is 5.01. The SMILES string of the molecule is C/C=C(\C=C/C(C)CSP)ON. The lowest BCUT2D eigenvalue weighted by atomic mass is 10.2. The quantitative estimate of drug-likeness (QED) is 0.324. The van der Waals surface area contributed by atoms with Crippen molar-refractivity contribution >= 4 is 19.8 Å². The van der Waals surface area contributed by atoms with E-state index in [4.69, 9.17) is 5.90 Å². The van der Waals surface area contributed by atoms with Gasteiger partial charge < -0.3 is 4.84 Å². The van der Waals surface area contributed by atoms with Crippen LogP contribution in [0.5, 0.6) is 0 Å². The molecule has 0 aromatic heterocycles. The molecule has 0 radical (unpaired) electrons. The second-order valence-corrected chi connectivity index (χ2v) is 4.15. The van der Waals surface area contributed by atoms with E-state index < -0.39 is 0 Å². The van der Waals surface area contributed by atoms with E-state index in [0.717, 1.165) is 5.75 Å². The second kappa shape index (κ2) is 7.66. The topological polar surface area (TPSA) is 35.2 Å². The van der Waals surface area contributed by atoms with Gasteiger partial charge in [-0.2, -0.15) is 5.90 Å². The van der Waals surface area contributed by atoms with Crippen LogP contribution in [0.3, 0.4) is 0 Å². The summed E-state index contributed by atoms with van der Waals surface area (Å²) in [5, 5.41) is 0. The number of allylic oxidation sites excluding steroid dienone is 3. The van der Waals surface area contributed by atoms with Gasteiger partial charge >= 0.3 is 0 Å². The summed E-state index contributed by atoms with van der Waals surface area (Å²) in [6.07, 6.45) is 5.81. The molecule has 0 heterocycles. The number of hydrogen-bond acceptors (Lipinski definition) is 3. The molecular weight excluding hydrogens is 189 g/mol. The predicted octanol–water partition coefficient (Wildman–Crippen LogP) is 2.50. The number of rotatable bonds is 5. The fourth-order valence-electron chi connectivity index (χ4n) is 0.670. The van der Waals surface area contributed by atoms with E-state index in [1.54, 1.807) is 11.4 Å². The van der Waals surface area contributed by atoms with Crippen molar-refractivity contribution in [3.8, 4) is 0 Å². The van der Waals surface area contributed by atoms with Gasteiger partial charge in [0.1, 0.15) is 5.76 Å². The largest absolute Gasteiger partial charge is 0.412 e. The van der Waals surface area contributed by atoms with E-state index in [1.165, 1.54) is 0 Å². The summed E-state index contributed by atoms with van der Waals surface area (Å²) >= 11 is 1.75. The molecule has 2 atom stereocenters. The normalized spacial score (nSPS) is 15.2. The van der Waals surface area contributed by atoms with Gasteiger partial charge in [0, 0.05) is 5.75 Å². The minimum Gasteiger partial charge on any atom is -0.412 e. The van der Waals surface area contributed by atoms with Crippen molar-refractivity contribution in [2.45, 2.75) is 13.8 Å². The lowest BCUT2D eigenvalue weighted by Gasteiger charge is -2.02. The van der Waals surface area contributed by atoms with Crippen LogP contribution >= 0.6 is 19.8 Å². The lowest BCUT2D eigenvalue weighted by molar-refractivity contribution is 0.233. The molecule has 0 fully saturated rings. The molecule has 2 unspecified atom stereocenters. The van der Waals surface area contributed by atoms with Crippen molar-refractivity contribution in [2.75, 3.05) is 5.75 Å². The lowest BCUT2D eigenvalue weighted by Crippen LogP contribution is -1.97. The van der Waals surface area contributed by atoms with Crippen molar-refractivity contribution in [2.24, 2.45) is 11.8 Å². The Bertz CT molecular complexity index is 170. The first-order valence-corrected chi connectivity index (χ1v) is 6.23. The number of hydrogen-bond donors (Lipinski definition) is 1. The first-order valence-electron chi connectivity index (χ1n) is 3.77. The Morgan fingerprint density at radius 2 is 2.42 bits per heavy atom. The zero-order valence-corrected chi connectivity index (χ0v) is 9.46. The molecule has 0 bridgehead atoms. The van der Waals surface area contributed by atoms with Gasteiger partial charge in [-0.25, -0.2) is 0 Å². The van der Waals surface area contributed by atoms with Crippen molar-refractivity contribution in [3.63, 3.8) is 0 Å². The first kappa shape index (κ1) is 12.0. The van der Waals surface area contributed by atoms with Crippen molar-refractivity contribution in [1.82, 2.24) is 0 Å². The summed E-state index contributed by atoms with van der Waals surface area (Å²) in [6.45, 7) is 4.04. The van der Waals surface area contributed by atoms with Crippen LogP contribution in [0.4, 0.5) is 0 Å². The fourth-order valence-corrected chi connectivity index (χ4v) is 2.00. The zero-order valence-electron chi connectivity index (χ0n) is 7.49. The average Bonchev–Trinajstić information content (AvgIpc) is 2.07. The minimum atomic E-state index is 0.539. The molecule has 0 saturated carbocycles. The molecule has 2 N–H and O–H groups in total. The highest BCUT2D eigenvalue weighted by molar-refractivity contribution is 8.43.